The van der Waals surface area contributed by atoms with Crippen LogP contribution in [0, 0.1) is 0 Å². The highest BCUT2D eigenvalue weighted by atomic mass is 15.0. The Morgan fingerprint density at radius 3 is 1.97 bits per heavy atom. The average molecular weight is 486 g/mol. The zero-order valence-electron chi connectivity index (χ0n) is 21.6. The van der Waals surface area contributed by atoms with Crippen molar-refractivity contribution in [2.75, 3.05) is 0 Å². The van der Waals surface area contributed by atoms with Gasteiger partial charge in [-0.2, -0.15) is 0 Å². The van der Waals surface area contributed by atoms with Gasteiger partial charge in [-0.15, -0.1) is 0 Å². The number of rotatable bonds is 2. The normalized spacial score (nSPS) is 13.7. The van der Waals surface area contributed by atoms with E-state index in [4.69, 9.17) is 0 Å². The van der Waals surface area contributed by atoms with Gasteiger partial charge in [-0.25, -0.2) is 0 Å². The molecular formula is C37H27N. The van der Waals surface area contributed by atoms with Crippen molar-refractivity contribution in [3.05, 3.63) is 139 Å². The molecule has 1 heteroatoms. The fourth-order valence-electron chi connectivity index (χ4n) is 6.78. The Kier molecular flexibility index (Phi) is 4.35. The fraction of sp³-hybridized carbons (Fsp3) is 0.0811. The van der Waals surface area contributed by atoms with Gasteiger partial charge in [-0.1, -0.05) is 105 Å². The quantitative estimate of drug-likeness (QED) is 0.230. The van der Waals surface area contributed by atoms with Crippen molar-refractivity contribution in [1.82, 2.24) is 4.57 Å². The van der Waals surface area contributed by atoms with Crippen LogP contribution in [0.15, 0.2) is 127 Å². The van der Waals surface area contributed by atoms with Gasteiger partial charge in [0.25, 0.3) is 0 Å². The Morgan fingerprint density at radius 1 is 0.474 bits per heavy atom. The molecule has 0 atom stereocenters. The number of benzene rings is 6. The number of para-hydroxylation sites is 2. The number of fused-ring (bicyclic) bond motifs is 8. The second-order valence-corrected chi connectivity index (χ2v) is 11.0. The molecule has 1 heterocycles. The minimum Gasteiger partial charge on any atom is -0.309 e. The summed E-state index contributed by atoms with van der Waals surface area (Å²) < 4.78 is 2.38. The van der Waals surface area contributed by atoms with Crippen LogP contribution in [0.4, 0.5) is 0 Å². The molecule has 180 valence electrons. The minimum absolute atomic E-state index is 0.0435. The van der Waals surface area contributed by atoms with Crippen molar-refractivity contribution in [3.63, 3.8) is 0 Å². The average Bonchev–Trinajstić information content (AvgIpc) is 3.42. The third-order valence-corrected chi connectivity index (χ3v) is 8.59. The van der Waals surface area contributed by atoms with Crippen LogP contribution in [0.25, 0.3) is 60.5 Å². The van der Waals surface area contributed by atoms with E-state index in [1.807, 2.05) is 0 Å². The molecule has 0 saturated heterocycles. The van der Waals surface area contributed by atoms with Crippen LogP contribution in [0.1, 0.15) is 25.0 Å². The summed E-state index contributed by atoms with van der Waals surface area (Å²) in [6.07, 6.45) is 0. The lowest BCUT2D eigenvalue weighted by Gasteiger charge is -2.23. The van der Waals surface area contributed by atoms with E-state index in [9.17, 15) is 0 Å². The first-order valence-corrected chi connectivity index (χ1v) is 13.4. The van der Waals surface area contributed by atoms with Crippen LogP contribution in [-0.4, -0.2) is 4.57 Å². The molecule has 38 heavy (non-hydrogen) atoms. The van der Waals surface area contributed by atoms with E-state index in [1.165, 1.54) is 71.6 Å². The van der Waals surface area contributed by atoms with Crippen LogP contribution < -0.4 is 0 Å². The first kappa shape index (κ1) is 21.5. The van der Waals surface area contributed by atoms with Gasteiger partial charge in [0.15, 0.2) is 0 Å². The smallest absolute Gasteiger partial charge is 0.0541 e. The summed E-state index contributed by atoms with van der Waals surface area (Å²) in [4.78, 5) is 0. The Bertz CT molecular complexity index is 2040. The molecule has 7 aromatic rings. The molecule has 0 saturated carbocycles. The van der Waals surface area contributed by atoms with Gasteiger partial charge in [0.1, 0.15) is 0 Å². The van der Waals surface area contributed by atoms with Gasteiger partial charge < -0.3 is 4.57 Å². The maximum Gasteiger partial charge on any atom is 0.0541 e. The molecule has 6 aromatic carbocycles. The summed E-state index contributed by atoms with van der Waals surface area (Å²) in [6, 6.07) is 46.8. The summed E-state index contributed by atoms with van der Waals surface area (Å²) in [7, 11) is 0. The molecule has 0 fully saturated rings. The third kappa shape index (κ3) is 2.82. The lowest BCUT2D eigenvalue weighted by molar-refractivity contribution is 0.661. The standard InChI is InChI=1S/C37H27N/c1-37(2)32-18-10-8-17-29(32)36-28-16-7-6-14-26(28)30(23-33(36)37)24-20-21-35-31(22-24)27-15-9-11-19-34(27)38(35)25-12-4-3-5-13-25/h3-23H,1-2H3. The van der Waals surface area contributed by atoms with E-state index < -0.39 is 0 Å². The number of nitrogens with zero attached hydrogens (tertiary/aromatic N) is 1. The van der Waals surface area contributed by atoms with E-state index in [2.05, 4.69) is 146 Å². The summed E-state index contributed by atoms with van der Waals surface area (Å²) in [5.41, 5.74) is 11.8. The molecule has 1 aromatic heterocycles. The summed E-state index contributed by atoms with van der Waals surface area (Å²) >= 11 is 0. The minimum atomic E-state index is -0.0435. The van der Waals surface area contributed by atoms with E-state index in [-0.39, 0.29) is 5.41 Å². The molecule has 0 unspecified atom stereocenters. The van der Waals surface area contributed by atoms with E-state index in [0.29, 0.717) is 0 Å². The predicted molar refractivity (Wildman–Crippen MR) is 161 cm³/mol. The van der Waals surface area contributed by atoms with Gasteiger partial charge in [-0.3, -0.25) is 0 Å². The number of hydrogen-bond acceptors (Lipinski definition) is 0. The Labute approximate surface area is 222 Å². The van der Waals surface area contributed by atoms with Gasteiger partial charge in [0.2, 0.25) is 0 Å². The summed E-state index contributed by atoms with van der Waals surface area (Å²) in [5, 5.41) is 5.22. The number of hydrogen-bond donors (Lipinski definition) is 0. The van der Waals surface area contributed by atoms with Crippen molar-refractivity contribution < 1.29 is 0 Å². The Morgan fingerprint density at radius 2 is 1.13 bits per heavy atom. The molecule has 1 aliphatic carbocycles. The van der Waals surface area contributed by atoms with Crippen LogP contribution in [-0.2, 0) is 5.41 Å². The SMILES string of the molecule is CC1(C)c2ccccc2-c2c1cc(-c1ccc3c(c1)c1ccccc1n3-c1ccccc1)c1ccccc21. The summed E-state index contributed by atoms with van der Waals surface area (Å²) in [5.74, 6) is 0. The molecule has 0 amide bonds. The Hall–Kier alpha value is -4.62. The lowest BCUT2D eigenvalue weighted by atomic mass is 9.80. The van der Waals surface area contributed by atoms with Crippen molar-refractivity contribution in [2.45, 2.75) is 19.3 Å². The van der Waals surface area contributed by atoms with Gasteiger partial charge in [0, 0.05) is 21.9 Å². The van der Waals surface area contributed by atoms with Crippen LogP contribution in [0.2, 0.25) is 0 Å². The number of aromatic nitrogens is 1. The molecule has 1 aliphatic rings. The maximum atomic E-state index is 2.47. The maximum absolute atomic E-state index is 2.47. The van der Waals surface area contributed by atoms with Crippen molar-refractivity contribution in [1.29, 1.82) is 0 Å². The molecule has 0 N–H and O–H groups in total. The van der Waals surface area contributed by atoms with E-state index >= 15 is 0 Å². The Balaban J connectivity index is 1.44. The molecule has 8 rings (SSSR count). The van der Waals surface area contributed by atoms with Crippen molar-refractivity contribution in [3.8, 4) is 27.9 Å². The zero-order valence-corrected chi connectivity index (χ0v) is 21.6. The van der Waals surface area contributed by atoms with Crippen LogP contribution in [0.5, 0.6) is 0 Å². The van der Waals surface area contributed by atoms with E-state index in [1.54, 1.807) is 0 Å². The first-order valence-electron chi connectivity index (χ1n) is 13.4. The molecule has 0 aliphatic heterocycles. The summed E-state index contributed by atoms with van der Waals surface area (Å²) in [6.45, 7) is 4.74. The monoisotopic (exact) mass is 485 g/mol. The topological polar surface area (TPSA) is 4.93 Å². The van der Waals surface area contributed by atoms with Gasteiger partial charge in [-0.05, 0) is 80.6 Å². The van der Waals surface area contributed by atoms with Crippen molar-refractivity contribution in [2.24, 2.45) is 0 Å². The zero-order chi connectivity index (χ0) is 25.4. The highest BCUT2D eigenvalue weighted by molar-refractivity contribution is 6.13. The van der Waals surface area contributed by atoms with Gasteiger partial charge in [0.05, 0.1) is 11.0 Å². The molecule has 0 spiro atoms. The highest BCUT2D eigenvalue weighted by Gasteiger charge is 2.36. The highest BCUT2D eigenvalue weighted by Crippen LogP contribution is 2.53. The molecular weight excluding hydrogens is 458 g/mol. The largest absolute Gasteiger partial charge is 0.309 e. The second kappa shape index (κ2) is 7.69. The van der Waals surface area contributed by atoms with Gasteiger partial charge >= 0.3 is 0 Å². The van der Waals surface area contributed by atoms with Crippen molar-refractivity contribution >= 4 is 32.6 Å². The third-order valence-electron chi connectivity index (χ3n) is 8.59. The molecule has 0 radical (unpaired) electrons. The predicted octanol–water partition coefficient (Wildman–Crippen LogP) is 9.91. The van der Waals surface area contributed by atoms with E-state index in [0.717, 1.165) is 0 Å². The molecule has 0 bridgehead atoms. The second-order valence-electron chi connectivity index (χ2n) is 11.0. The van der Waals surface area contributed by atoms with Crippen LogP contribution in [0.3, 0.4) is 0 Å². The lowest BCUT2D eigenvalue weighted by Crippen LogP contribution is -2.15. The first-order chi connectivity index (χ1) is 18.6. The van der Waals surface area contributed by atoms with Crippen LogP contribution >= 0.6 is 0 Å². The molecule has 1 nitrogen and oxygen atoms in total. The fourth-order valence-corrected chi connectivity index (χ4v) is 6.78.